The number of carbonyl (C=O) groups excluding carboxylic acids is 1. The highest BCUT2D eigenvalue weighted by molar-refractivity contribution is 5.84. The van der Waals surface area contributed by atoms with Crippen molar-refractivity contribution in [1.29, 1.82) is 0 Å². The maximum atomic E-state index is 13.9. The molecule has 1 unspecified atom stereocenters. The minimum Gasteiger partial charge on any atom is -0.349 e. The van der Waals surface area contributed by atoms with Crippen LogP contribution in [-0.4, -0.2) is 24.3 Å². The lowest BCUT2D eigenvalue weighted by molar-refractivity contribution is -0.272. The van der Waals surface area contributed by atoms with E-state index in [0.717, 1.165) is 25.4 Å². The van der Waals surface area contributed by atoms with E-state index in [0.29, 0.717) is 47.4 Å². The van der Waals surface area contributed by atoms with Crippen molar-refractivity contribution in [2.45, 2.75) is 104 Å². The number of ketones is 1. The minimum absolute atomic E-state index is 0.107. The molecule has 0 bridgehead atoms. The van der Waals surface area contributed by atoms with Gasteiger partial charge in [-0.3, -0.25) is 4.79 Å². The second-order valence-electron chi connectivity index (χ2n) is 12.9. The molecule has 4 saturated carbocycles. The van der Waals surface area contributed by atoms with Gasteiger partial charge in [-0.1, -0.05) is 40.5 Å². The summed E-state index contributed by atoms with van der Waals surface area (Å²) in [5.41, 5.74) is 0.379. The van der Waals surface area contributed by atoms with E-state index in [-0.39, 0.29) is 16.6 Å². The third kappa shape index (κ3) is 2.49. The first-order valence-corrected chi connectivity index (χ1v) is 13.1. The summed E-state index contributed by atoms with van der Waals surface area (Å²) < 4.78 is 13.3. The van der Waals surface area contributed by atoms with E-state index in [1.165, 1.54) is 51.4 Å². The summed E-state index contributed by atoms with van der Waals surface area (Å²) in [6.45, 7) is 10.5. The Kier molecular flexibility index (Phi) is 4.42. The molecular formula is C27H42O3. The third-order valence-electron chi connectivity index (χ3n) is 11.5. The fourth-order valence-corrected chi connectivity index (χ4v) is 10.1. The van der Waals surface area contributed by atoms with Crippen molar-refractivity contribution in [3.8, 4) is 0 Å². The van der Waals surface area contributed by atoms with Crippen LogP contribution in [0.3, 0.4) is 0 Å². The lowest BCUT2D eigenvalue weighted by Crippen LogP contribution is -2.57. The van der Waals surface area contributed by atoms with Gasteiger partial charge >= 0.3 is 0 Å². The predicted molar refractivity (Wildman–Crippen MR) is 117 cm³/mol. The molecule has 6 aliphatic rings. The molecule has 2 heterocycles. The van der Waals surface area contributed by atoms with Gasteiger partial charge in [0, 0.05) is 24.7 Å². The highest BCUT2D eigenvalue weighted by atomic mass is 16.7. The quantitative estimate of drug-likeness (QED) is 0.487. The van der Waals surface area contributed by atoms with Crippen LogP contribution in [0.15, 0.2) is 0 Å². The van der Waals surface area contributed by atoms with Crippen molar-refractivity contribution in [2.24, 2.45) is 52.3 Å². The highest BCUT2D eigenvalue weighted by Gasteiger charge is 2.70. The normalized spacial score (nSPS) is 60.1. The maximum Gasteiger partial charge on any atom is 0.171 e. The van der Waals surface area contributed by atoms with Crippen LogP contribution in [0.25, 0.3) is 0 Å². The lowest BCUT2D eigenvalue weighted by atomic mass is 9.44. The molecule has 2 aliphatic heterocycles. The summed E-state index contributed by atoms with van der Waals surface area (Å²) in [4.78, 5) is 13.9. The predicted octanol–water partition coefficient (Wildman–Crippen LogP) is 6.00. The van der Waals surface area contributed by atoms with Gasteiger partial charge in [0.1, 0.15) is 5.78 Å². The van der Waals surface area contributed by atoms with E-state index in [4.69, 9.17) is 9.47 Å². The number of fused-ring (bicyclic) bond motifs is 7. The zero-order chi connectivity index (χ0) is 20.9. The first kappa shape index (κ1) is 20.2. The van der Waals surface area contributed by atoms with Crippen molar-refractivity contribution < 1.29 is 14.3 Å². The summed E-state index contributed by atoms with van der Waals surface area (Å²) >= 11 is 0. The van der Waals surface area contributed by atoms with Crippen LogP contribution in [0.5, 0.6) is 0 Å². The summed E-state index contributed by atoms with van der Waals surface area (Å²) in [7, 11) is 0. The zero-order valence-electron chi connectivity index (χ0n) is 19.6. The van der Waals surface area contributed by atoms with Gasteiger partial charge in [-0.25, -0.2) is 0 Å². The molecule has 0 aromatic heterocycles. The van der Waals surface area contributed by atoms with Crippen molar-refractivity contribution in [3.63, 3.8) is 0 Å². The molecule has 11 atom stereocenters. The molecule has 1 spiro atoms. The Labute approximate surface area is 183 Å². The number of carbonyl (C=O) groups is 1. The SMILES string of the molecule is C[C@@H]1CC[C@@]2(OC1)O[C@H]1C[C@H]3[C@@H]4CCC5CCCC[C@]5(C)[C@H]4C(=O)C[C@]3(C)[C@H]1[C@@H]2C. The molecule has 30 heavy (non-hydrogen) atoms. The van der Waals surface area contributed by atoms with E-state index in [1.54, 1.807) is 0 Å². The van der Waals surface area contributed by atoms with Crippen LogP contribution in [0.2, 0.25) is 0 Å². The van der Waals surface area contributed by atoms with Crippen LogP contribution >= 0.6 is 0 Å². The fraction of sp³-hybridized carbons (Fsp3) is 0.963. The van der Waals surface area contributed by atoms with E-state index in [1.807, 2.05) is 0 Å². The Balaban J connectivity index is 1.31. The van der Waals surface area contributed by atoms with Crippen LogP contribution in [0, 0.1) is 52.3 Å². The molecular weight excluding hydrogens is 372 g/mol. The second kappa shape index (κ2) is 6.56. The summed E-state index contributed by atoms with van der Waals surface area (Å²) in [6, 6.07) is 0. The van der Waals surface area contributed by atoms with E-state index < -0.39 is 0 Å². The van der Waals surface area contributed by atoms with Crippen molar-refractivity contribution in [1.82, 2.24) is 0 Å². The van der Waals surface area contributed by atoms with Gasteiger partial charge in [0.25, 0.3) is 0 Å². The van der Waals surface area contributed by atoms with Gasteiger partial charge in [0.2, 0.25) is 0 Å². The Morgan fingerprint density at radius 3 is 2.57 bits per heavy atom. The van der Waals surface area contributed by atoms with Crippen molar-refractivity contribution in [3.05, 3.63) is 0 Å². The largest absolute Gasteiger partial charge is 0.349 e. The van der Waals surface area contributed by atoms with Crippen LogP contribution in [0.1, 0.15) is 91.9 Å². The van der Waals surface area contributed by atoms with Crippen molar-refractivity contribution in [2.75, 3.05) is 6.61 Å². The molecule has 0 aromatic carbocycles. The molecule has 3 heteroatoms. The average Bonchev–Trinajstić information content (AvgIpc) is 3.14. The van der Waals surface area contributed by atoms with Gasteiger partial charge in [0.05, 0.1) is 12.7 Å². The molecule has 4 aliphatic carbocycles. The average molecular weight is 415 g/mol. The topological polar surface area (TPSA) is 35.5 Å². The molecule has 6 fully saturated rings. The molecule has 2 saturated heterocycles. The van der Waals surface area contributed by atoms with Crippen LogP contribution in [-0.2, 0) is 14.3 Å². The molecule has 168 valence electrons. The molecule has 0 aromatic rings. The zero-order valence-corrected chi connectivity index (χ0v) is 19.6. The first-order valence-electron chi connectivity index (χ1n) is 13.1. The fourth-order valence-electron chi connectivity index (χ4n) is 10.1. The standard InChI is InChI=1S/C27H42O3/c1-16-10-12-27(29-15-16)17(2)23-22(30-27)13-20-19-9-8-18-7-5-6-11-25(18,3)24(19)21(28)14-26(20,23)4/h16-20,22-24H,5-15H2,1-4H3/t16-,17+,18?,19+,20+,22+,23+,24-,25+,26+,27-/m1/s1. The number of Topliss-reactive ketones (excluding diaryl/α,β-unsaturated/α-hetero) is 1. The minimum atomic E-state index is -0.372. The van der Waals surface area contributed by atoms with Gasteiger partial charge in [0.15, 0.2) is 5.79 Å². The Morgan fingerprint density at radius 1 is 0.967 bits per heavy atom. The smallest absolute Gasteiger partial charge is 0.171 e. The molecule has 3 nitrogen and oxygen atoms in total. The van der Waals surface area contributed by atoms with Crippen molar-refractivity contribution >= 4 is 5.78 Å². The molecule has 0 radical (unpaired) electrons. The van der Waals surface area contributed by atoms with E-state index in [9.17, 15) is 4.79 Å². The van der Waals surface area contributed by atoms with E-state index in [2.05, 4.69) is 27.7 Å². The monoisotopic (exact) mass is 414 g/mol. The Hall–Kier alpha value is -0.410. The second-order valence-corrected chi connectivity index (χ2v) is 12.9. The summed E-state index contributed by atoms with van der Waals surface area (Å²) in [6.07, 6.45) is 12.5. The van der Waals surface area contributed by atoms with Gasteiger partial charge < -0.3 is 9.47 Å². The number of rotatable bonds is 0. The number of hydrogen-bond acceptors (Lipinski definition) is 3. The molecule has 0 N–H and O–H groups in total. The van der Waals surface area contributed by atoms with Gasteiger partial charge in [-0.05, 0) is 78.9 Å². The molecule has 6 rings (SSSR count). The summed E-state index contributed by atoms with van der Waals surface area (Å²) in [5, 5.41) is 0. The lowest BCUT2D eigenvalue weighted by Gasteiger charge is -2.59. The maximum absolute atomic E-state index is 13.9. The first-order chi connectivity index (χ1) is 14.3. The van der Waals surface area contributed by atoms with Gasteiger partial charge in [-0.2, -0.15) is 0 Å². The number of hydrogen-bond donors (Lipinski definition) is 0. The number of ether oxygens (including phenoxy) is 2. The van der Waals surface area contributed by atoms with Gasteiger partial charge in [-0.15, -0.1) is 0 Å². The Bertz CT molecular complexity index is 724. The summed E-state index contributed by atoms with van der Waals surface area (Å²) in [5.74, 6) is 4.13. The van der Waals surface area contributed by atoms with Crippen LogP contribution < -0.4 is 0 Å². The highest BCUT2D eigenvalue weighted by Crippen LogP contribution is 2.70. The Morgan fingerprint density at radius 2 is 1.80 bits per heavy atom. The van der Waals surface area contributed by atoms with Crippen LogP contribution in [0.4, 0.5) is 0 Å². The third-order valence-corrected chi connectivity index (χ3v) is 11.5. The molecule has 0 amide bonds. The van der Waals surface area contributed by atoms with E-state index >= 15 is 0 Å².